The summed E-state index contributed by atoms with van der Waals surface area (Å²) in [5, 5.41) is 3.38. The van der Waals surface area contributed by atoms with Gasteiger partial charge in [0.1, 0.15) is 11.5 Å². The van der Waals surface area contributed by atoms with E-state index in [0.29, 0.717) is 0 Å². The van der Waals surface area contributed by atoms with E-state index in [2.05, 4.69) is 41.7 Å². The normalized spacial score (nSPS) is 10.5. The number of hydrogen-bond acceptors (Lipinski definition) is 2. The first-order valence-electron chi connectivity index (χ1n) is 7.96. The molecule has 4 aromatic rings. The molecule has 4 rings (SSSR count). The highest BCUT2D eigenvalue weighted by molar-refractivity contribution is 5.68. The van der Waals surface area contributed by atoms with Crippen molar-refractivity contribution in [1.29, 1.82) is 0 Å². The van der Waals surface area contributed by atoms with Gasteiger partial charge >= 0.3 is 0 Å². The van der Waals surface area contributed by atoms with Crippen LogP contribution in [0.2, 0.25) is 0 Å². The van der Waals surface area contributed by atoms with Crippen LogP contribution in [0.4, 0.5) is 11.4 Å². The number of hydrogen-bond donors (Lipinski definition) is 1. The summed E-state index contributed by atoms with van der Waals surface area (Å²) in [4.78, 5) is 0. The molecule has 0 aliphatic rings. The Morgan fingerprint density at radius 2 is 0.958 bits per heavy atom. The molecule has 0 radical (unpaired) electrons. The van der Waals surface area contributed by atoms with E-state index in [1.807, 2.05) is 60.7 Å². The molecule has 3 aromatic carbocycles. The Morgan fingerprint density at radius 3 is 1.58 bits per heavy atom. The van der Waals surface area contributed by atoms with E-state index >= 15 is 0 Å². The van der Waals surface area contributed by atoms with Gasteiger partial charge in [0.15, 0.2) is 0 Å². The van der Waals surface area contributed by atoms with E-state index in [1.54, 1.807) is 0 Å². The Balaban J connectivity index is 1.54. The van der Waals surface area contributed by atoms with Crippen LogP contribution in [0.5, 0.6) is 0 Å². The van der Waals surface area contributed by atoms with Crippen LogP contribution in [0.15, 0.2) is 101 Å². The molecule has 1 N–H and O–H groups in total. The van der Waals surface area contributed by atoms with Crippen LogP contribution in [-0.2, 0) is 0 Å². The third-order valence-electron chi connectivity index (χ3n) is 3.90. The molecule has 2 nitrogen and oxygen atoms in total. The fourth-order valence-corrected chi connectivity index (χ4v) is 2.66. The molecule has 0 unspecified atom stereocenters. The van der Waals surface area contributed by atoms with Gasteiger partial charge in [0.2, 0.25) is 0 Å². The third kappa shape index (κ3) is 3.08. The van der Waals surface area contributed by atoms with Crippen LogP contribution in [0.1, 0.15) is 0 Å². The minimum atomic E-state index is 0.875. The summed E-state index contributed by atoms with van der Waals surface area (Å²) in [6.45, 7) is 0. The van der Waals surface area contributed by atoms with Gasteiger partial charge in [-0.3, -0.25) is 0 Å². The number of anilines is 2. The van der Waals surface area contributed by atoms with Crippen LogP contribution in [0, 0.1) is 0 Å². The number of benzene rings is 3. The topological polar surface area (TPSA) is 25.2 Å². The van der Waals surface area contributed by atoms with Gasteiger partial charge in [-0.15, -0.1) is 0 Å². The first kappa shape index (κ1) is 14.3. The highest BCUT2D eigenvalue weighted by atomic mass is 16.3. The molecule has 2 heteroatoms. The summed E-state index contributed by atoms with van der Waals surface area (Å²) < 4.78 is 5.99. The first-order valence-corrected chi connectivity index (χ1v) is 7.96. The van der Waals surface area contributed by atoms with Crippen molar-refractivity contribution in [1.82, 2.24) is 0 Å². The van der Waals surface area contributed by atoms with Gasteiger partial charge in [-0.2, -0.15) is 0 Å². The Hall–Kier alpha value is -3.26. The SMILES string of the molecule is c1ccc(Nc2ccc(-c3ccc(-c4ccccc4)o3)cc2)cc1. The molecule has 1 heterocycles. The van der Waals surface area contributed by atoms with Crippen LogP contribution in [0.3, 0.4) is 0 Å². The number of para-hydroxylation sites is 1. The lowest BCUT2D eigenvalue weighted by atomic mass is 10.1. The Bertz CT molecular complexity index is 909. The van der Waals surface area contributed by atoms with E-state index < -0.39 is 0 Å². The van der Waals surface area contributed by atoms with Crippen molar-refractivity contribution < 1.29 is 4.42 Å². The fourth-order valence-electron chi connectivity index (χ4n) is 2.66. The van der Waals surface area contributed by atoms with Crippen molar-refractivity contribution in [3.05, 3.63) is 97.1 Å². The molecule has 0 aliphatic carbocycles. The van der Waals surface area contributed by atoms with Crippen molar-refractivity contribution in [3.63, 3.8) is 0 Å². The molecule has 0 amide bonds. The lowest BCUT2D eigenvalue weighted by Gasteiger charge is -2.06. The minimum absolute atomic E-state index is 0.875. The Labute approximate surface area is 141 Å². The summed E-state index contributed by atoms with van der Waals surface area (Å²) in [5.74, 6) is 1.76. The number of furan rings is 1. The lowest BCUT2D eigenvalue weighted by Crippen LogP contribution is -1.89. The molecule has 0 spiro atoms. The van der Waals surface area contributed by atoms with Gasteiger partial charge in [-0.05, 0) is 48.5 Å². The van der Waals surface area contributed by atoms with E-state index in [9.17, 15) is 0 Å². The smallest absolute Gasteiger partial charge is 0.134 e. The van der Waals surface area contributed by atoms with Crippen molar-refractivity contribution in [2.75, 3.05) is 5.32 Å². The summed E-state index contributed by atoms with van der Waals surface area (Å²) in [7, 11) is 0. The van der Waals surface area contributed by atoms with Gasteiger partial charge in [0.05, 0.1) is 0 Å². The van der Waals surface area contributed by atoms with Crippen molar-refractivity contribution in [3.8, 4) is 22.6 Å². The zero-order valence-corrected chi connectivity index (χ0v) is 13.1. The maximum Gasteiger partial charge on any atom is 0.134 e. The average molecular weight is 311 g/mol. The molecule has 1 aromatic heterocycles. The highest BCUT2D eigenvalue weighted by Gasteiger charge is 2.06. The number of nitrogens with one attached hydrogen (secondary N) is 1. The standard InChI is InChI=1S/C22H17NO/c1-3-7-17(8-4-1)21-15-16-22(24-21)18-11-13-20(14-12-18)23-19-9-5-2-6-10-19/h1-16,23H. The first-order chi connectivity index (χ1) is 11.9. The molecule has 0 saturated heterocycles. The molecule has 24 heavy (non-hydrogen) atoms. The molecule has 0 fully saturated rings. The molecule has 0 saturated carbocycles. The maximum absolute atomic E-state index is 5.99. The predicted molar refractivity (Wildman–Crippen MR) is 99.3 cm³/mol. The van der Waals surface area contributed by atoms with E-state index in [4.69, 9.17) is 4.42 Å². The predicted octanol–water partition coefficient (Wildman–Crippen LogP) is 6.36. The summed E-state index contributed by atoms with van der Waals surface area (Å²) >= 11 is 0. The highest BCUT2D eigenvalue weighted by Crippen LogP contribution is 2.29. The maximum atomic E-state index is 5.99. The van der Waals surface area contributed by atoms with E-state index in [-0.39, 0.29) is 0 Å². The third-order valence-corrected chi connectivity index (χ3v) is 3.90. The minimum Gasteiger partial charge on any atom is -0.456 e. The summed E-state index contributed by atoms with van der Waals surface area (Å²) in [6, 6.07) is 32.6. The molecule has 0 atom stereocenters. The lowest BCUT2D eigenvalue weighted by molar-refractivity contribution is 0.597. The second-order valence-electron chi connectivity index (χ2n) is 5.60. The summed E-state index contributed by atoms with van der Waals surface area (Å²) in [6.07, 6.45) is 0. The van der Waals surface area contributed by atoms with Crippen molar-refractivity contribution >= 4 is 11.4 Å². The Morgan fingerprint density at radius 1 is 0.458 bits per heavy atom. The quantitative estimate of drug-likeness (QED) is 0.474. The van der Waals surface area contributed by atoms with E-state index in [1.165, 1.54) is 0 Å². The zero-order chi connectivity index (χ0) is 16.2. The summed E-state index contributed by atoms with van der Waals surface area (Å²) in [5.41, 5.74) is 4.29. The Kier molecular flexibility index (Phi) is 3.86. The monoisotopic (exact) mass is 311 g/mol. The molecular weight excluding hydrogens is 294 g/mol. The fraction of sp³-hybridized carbons (Fsp3) is 0. The van der Waals surface area contributed by atoms with Crippen molar-refractivity contribution in [2.24, 2.45) is 0 Å². The second kappa shape index (κ2) is 6.47. The van der Waals surface area contributed by atoms with Gasteiger partial charge < -0.3 is 9.73 Å². The van der Waals surface area contributed by atoms with Crippen LogP contribution in [0.25, 0.3) is 22.6 Å². The molecule has 0 bridgehead atoms. The molecular formula is C22H17NO. The van der Waals surface area contributed by atoms with Crippen molar-refractivity contribution in [2.45, 2.75) is 0 Å². The van der Waals surface area contributed by atoms with Gasteiger partial charge in [0.25, 0.3) is 0 Å². The van der Waals surface area contributed by atoms with Gasteiger partial charge in [0, 0.05) is 22.5 Å². The zero-order valence-electron chi connectivity index (χ0n) is 13.1. The largest absolute Gasteiger partial charge is 0.456 e. The van der Waals surface area contributed by atoms with Crippen LogP contribution >= 0.6 is 0 Å². The van der Waals surface area contributed by atoms with Gasteiger partial charge in [-0.25, -0.2) is 0 Å². The average Bonchev–Trinajstić information content (AvgIpc) is 3.14. The van der Waals surface area contributed by atoms with Crippen LogP contribution < -0.4 is 5.32 Å². The second-order valence-corrected chi connectivity index (χ2v) is 5.60. The van der Waals surface area contributed by atoms with Gasteiger partial charge in [-0.1, -0.05) is 48.5 Å². The number of rotatable bonds is 4. The van der Waals surface area contributed by atoms with Crippen LogP contribution in [-0.4, -0.2) is 0 Å². The van der Waals surface area contributed by atoms with E-state index in [0.717, 1.165) is 34.0 Å². The molecule has 116 valence electrons. The molecule has 0 aliphatic heterocycles.